The third-order valence-electron chi connectivity index (χ3n) is 5.11. The molecule has 0 bridgehead atoms. The fourth-order valence-corrected chi connectivity index (χ4v) is 6.75. The van der Waals surface area contributed by atoms with E-state index in [1.807, 2.05) is 0 Å². The summed E-state index contributed by atoms with van der Waals surface area (Å²) >= 11 is 7.82. The van der Waals surface area contributed by atoms with Gasteiger partial charge < -0.3 is 5.32 Å². The molecule has 1 heterocycles. The minimum Gasteiger partial charge on any atom is -0.322 e. The molecular weight excluding hydrogens is 442 g/mol. The van der Waals surface area contributed by atoms with Gasteiger partial charge >= 0.3 is 0 Å². The smallest absolute Gasteiger partial charge is 0.258 e. The van der Waals surface area contributed by atoms with E-state index in [1.54, 1.807) is 50.0 Å². The zero-order valence-electron chi connectivity index (χ0n) is 17.1. The summed E-state index contributed by atoms with van der Waals surface area (Å²) in [5.74, 6) is -0.322. The number of halogens is 1. The van der Waals surface area contributed by atoms with Crippen molar-refractivity contribution in [3.63, 3.8) is 0 Å². The van der Waals surface area contributed by atoms with E-state index in [2.05, 4.69) is 10.3 Å². The van der Waals surface area contributed by atoms with Crippen LogP contribution < -0.4 is 5.32 Å². The van der Waals surface area contributed by atoms with E-state index in [4.69, 9.17) is 11.6 Å². The summed E-state index contributed by atoms with van der Waals surface area (Å²) in [6, 6.07) is 7.97. The third kappa shape index (κ3) is 5.17. The van der Waals surface area contributed by atoms with Crippen molar-refractivity contribution < 1.29 is 13.2 Å². The highest BCUT2D eigenvalue weighted by Crippen LogP contribution is 2.35. The molecule has 9 heteroatoms. The molecule has 3 rings (SSSR count). The lowest BCUT2D eigenvalue weighted by atomic mass is 10.2. The molecule has 6 nitrogen and oxygen atoms in total. The first kappa shape index (κ1) is 23.1. The maximum Gasteiger partial charge on any atom is 0.258 e. The van der Waals surface area contributed by atoms with Crippen molar-refractivity contribution in [3.05, 3.63) is 47.1 Å². The lowest BCUT2D eigenvalue weighted by Crippen LogP contribution is -2.30. The van der Waals surface area contributed by atoms with Crippen LogP contribution in [0.5, 0.6) is 0 Å². The number of aromatic nitrogens is 1. The topological polar surface area (TPSA) is 79.4 Å². The lowest BCUT2D eigenvalue weighted by molar-refractivity contribution is 0.102. The monoisotopic (exact) mass is 467 g/mol. The molecule has 1 N–H and O–H groups in total. The summed E-state index contributed by atoms with van der Waals surface area (Å²) < 4.78 is 27.1. The highest BCUT2D eigenvalue weighted by atomic mass is 35.5. The second kappa shape index (κ2) is 10.1. The quantitative estimate of drug-likeness (QED) is 0.587. The normalized spacial score (nSPS) is 14.9. The van der Waals surface area contributed by atoms with Gasteiger partial charge in [0.2, 0.25) is 10.0 Å². The number of carbonyl (C=O) groups excluding carboxylic acids is 1. The van der Waals surface area contributed by atoms with E-state index >= 15 is 0 Å². The molecule has 1 aromatic heterocycles. The molecule has 0 saturated heterocycles. The average Bonchev–Trinajstić information content (AvgIpc) is 3.23. The van der Waals surface area contributed by atoms with Gasteiger partial charge in [0.1, 0.15) is 9.92 Å². The zero-order chi connectivity index (χ0) is 21.7. The second-order valence-electron chi connectivity index (χ2n) is 7.07. The van der Waals surface area contributed by atoms with Gasteiger partial charge in [-0.15, -0.1) is 11.8 Å². The minimum absolute atomic E-state index is 0.0163. The molecule has 162 valence electrons. The highest BCUT2D eigenvalue weighted by molar-refractivity contribution is 8.00. The molecule has 2 aromatic rings. The van der Waals surface area contributed by atoms with Gasteiger partial charge in [0, 0.05) is 30.2 Å². The predicted octanol–water partition coefficient (Wildman–Crippen LogP) is 5.05. The molecular formula is C21H26ClN3O3S2. The van der Waals surface area contributed by atoms with Crippen molar-refractivity contribution >= 4 is 45.0 Å². The Labute approximate surface area is 187 Å². The number of sulfonamides is 1. The van der Waals surface area contributed by atoms with Crippen LogP contribution in [0.3, 0.4) is 0 Å². The molecule has 30 heavy (non-hydrogen) atoms. The number of hydrogen-bond acceptors (Lipinski definition) is 5. The van der Waals surface area contributed by atoms with E-state index in [9.17, 15) is 13.2 Å². The van der Waals surface area contributed by atoms with Gasteiger partial charge in [-0.3, -0.25) is 4.79 Å². The second-order valence-corrected chi connectivity index (χ2v) is 10.7. The minimum atomic E-state index is -3.75. The van der Waals surface area contributed by atoms with Crippen molar-refractivity contribution in [1.82, 2.24) is 9.29 Å². The first-order valence-electron chi connectivity index (χ1n) is 10.1. The van der Waals surface area contributed by atoms with Gasteiger partial charge in [-0.25, -0.2) is 13.4 Å². The number of benzene rings is 1. The number of pyridine rings is 1. The van der Waals surface area contributed by atoms with Crippen LogP contribution in [0.4, 0.5) is 5.69 Å². The van der Waals surface area contributed by atoms with Crippen LogP contribution in [0.25, 0.3) is 0 Å². The molecule has 0 atom stereocenters. The summed E-state index contributed by atoms with van der Waals surface area (Å²) in [5, 5.41) is 4.11. The van der Waals surface area contributed by atoms with E-state index < -0.39 is 10.0 Å². The SMILES string of the molecule is CCN(CC)S(=O)(=O)c1cc(NC(=O)c2cccnc2SC2CCCC2)ccc1Cl. The molecule has 0 unspecified atom stereocenters. The fourth-order valence-electron chi connectivity index (χ4n) is 3.50. The number of nitrogens with one attached hydrogen (secondary N) is 1. The van der Waals surface area contributed by atoms with Gasteiger partial charge in [-0.1, -0.05) is 38.3 Å². The van der Waals surface area contributed by atoms with Crippen LogP contribution >= 0.6 is 23.4 Å². The maximum absolute atomic E-state index is 12.9. The Kier molecular flexibility index (Phi) is 7.79. The number of nitrogens with zero attached hydrogens (tertiary/aromatic N) is 2. The molecule has 0 spiro atoms. The number of rotatable bonds is 8. The number of amides is 1. The molecule has 1 saturated carbocycles. The Morgan fingerprint density at radius 2 is 1.93 bits per heavy atom. The Balaban J connectivity index is 1.85. The number of hydrogen-bond donors (Lipinski definition) is 1. The summed E-state index contributed by atoms with van der Waals surface area (Å²) in [5.41, 5.74) is 0.855. The van der Waals surface area contributed by atoms with Crippen molar-refractivity contribution in [2.24, 2.45) is 0 Å². The summed E-state index contributed by atoms with van der Waals surface area (Å²) in [6.45, 7) is 4.21. The molecule has 1 aliphatic rings. The highest BCUT2D eigenvalue weighted by Gasteiger charge is 2.25. The van der Waals surface area contributed by atoms with Crippen LogP contribution in [0, 0.1) is 0 Å². The van der Waals surface area contributed by atoms with E-state index in [0.29, 0.717) is 34.6 Å². The Morgan fingerprint density at radius 3 is 2.60 bits per heavy atom. The van der Waals surface area contributed by atoms with E-state index in [0.717, 1.165) is 12.8 Å². The van der Waals surface area contributed by atoms with E-state index in [1.165, 1.54) is 29.3 Å². The predicted molar refractivity (Wildman–Crippen MR) is 122 cm³/mol. The maximum atomic E-state index is 12.9. The number of anilines is 1. The molecule has 1 aromatic carbocycles. The number of carbonyl (C=O) groups is 1. The average molecular weight is 468 g/mol. The van der Waals surface area contributed by atoms with Crippen molar-refractivity contribution in [2.45, 2.75) is 54.7 Å². The Hall–Kier alpha value is -1.61. The lowest BCUT2D eigenvalue weighted by Gasteiger charge is -2.20. The molecule has 0 radical (unpaired) electrons. The Morgan fingerprint density at radius 1 is 1.23 bits per heavy atom. The molecule has 0 aliphatic heterocycles. The molecule has 1 fully saturated rings. The zero-order valence-corrected chi connectivity index (χ0v) is 19.5. The molecule has 1 amide bonds. The van der Waals surface area contributed by atoms with Crippen molar-refractivity contribution in [2.75, 3.05) is 18.4 Å². The third-order valence-corrected chi connectivity index (χ3v) is 8.99. The number of thioether (sulfide) groups is 1. The van der Waals surface area contributed by atoms with Gasteiger partial charge in [0.15, 0.2) is 0 Å². The standard InChI is InChI=1S/C21H26ClN3O3S2/c1-3-25(4-2)30(27,28)19-14-15(11-12-18(19)22)24-20(26)17-10-7-13-23-21(17)29-16-8-5-6-9-16/h7,10-14,16H,3-6,8-9H2,1-2H3,(H,24,26). The first-order chi connectivity index (χ1) is 14.4. The molecule has 1 aliphatic carbocycles. The van der Waals surface area contributed by atoms with Crippen LogP contribution in [0.2, 0.25) is 5.02 Å². The van der Waals surface area contributed by atoms with Crippen molar-refractivity contribution in [3.8, 4) is 0 Å². The Bertz CT molecular complexity index is 1000. The fraction of sp³-hybridized carbons (Fsp3) is 0.429. The van der Waals surface area contributed by atoms with Crippen LogP contribution in [0.1, 0.15) is 49.9 Å². The largest absolute Gasteiger partial charge is 0.322 e. The van der Waals surface area contributed by atoms with Gasteiger partial charge in [-0.2, -0.15) is 4.31 Å². The van der Waals surface area contributed by atoms with Crippen LogP contribution in [0.15, 0.2) is 46.5 Å². The van der Waals surface area contributed by atoms with Crippen molar-refractivity contribution in [1.29, 1.82) is 0 Å². The first-order valence-corrected chi connectivity index (χ1v) is 12.8. The van der Waals surface area contributed by atoms with Gasteiger partial charge in [0.05, 0.1) is 10.6 Å². The summed E-state index contributed by atoms with van der Waals surface area (Å²) in [7, 11) is -3.75. The van der Waals surface area contributed by atoms with Gasteiger partial charge in [-0.05, 0) is 43.2 Å². The van der Waals surface area contributed by atoms with E-state index in [-0.39, 0.29) is 15.8 Å². The van der Waals surface area contributed by atoms with Gasteiger partial charge in [0.25, 0.3) is 5.91 Å². The van der Waals surface area contributed by atoms with Crippen LogP contribution in [-0.2, 0) is 10.0 Å². The van der Waals surface area contributed by atoms with Crippen LogP contribution in [-0.4, -0.2) is 42.0 Å². The summed E-state index contributed by atoms with van der Waals surface area (Å²) in [4.78, 5) is 17.3. The summed E-state index contributed by atoms with van der Waals surface area (Å²) in [6.07, 6.45) is 6.37.